The molecule has 0 saturated carbocycles. The van der Waals surface area contributed by atoms with Gasteiger partial charge in [0.05, 0.1) is 17.0 Å². The first-order chi connectivity index (χ1) is 14.5. The van der Waals surface area contributed by atoms with Crippen molar-refractivity contribution in [1.82, 2.24) is 0 Å². The molecule has 0 heterocycles. The van der Waals surface area contributed by atoms with Gasteiger partial charge in [0.1, 0.15) is 0 Å². The van der Waals surface area contributed by atoms with Crippen molar-refractivity contribution in [2.24, 2.45) is 0 Å². The fourth-order valence-electron chi connectivity index (χ4n) is 3.49. The Morgan fingerprint density at radius 2 is 1.27 bits per heavy atom. The van der Waals surface area contributed by atoms with Gasteiger partial charge in [-0.3, -0.25) is 4.57 Å². The first-order valence-electron chi connectivity index (χ1n) is 10.3. The lowest BCUT2D eigenvalue weighted by Crippen LogP contribution is -2.26. The minimum absolute atomic E-state index is 0.107. The smallest absolute Gasteiger partial charge is 0.324 e. The maximum Gasteiger partial charge on any atom is 0.329 e. The zero-order valence-corrected chi connectivity index (χ0v) is 19.2. The molecule has 3 aromatic carbocycles. The molecule has 0 bridgehead atoms. The van der Waals surface area contributed by atoms with E-state index in [1.807, 2.05) is 68.4 Å². The quantitative estimate of drug-likeness (QED) is 0.281. The van der Waals surface area contributed by atoms with Crippen molar-refractivity contribution in [2.45, 2.75) is 31.1 Å². The molecular formula is C25H29O3PS. The van der Waals surface area contributed by atoms with E-state index in [1.165, 1.54) is 0 Å². The van der Waals surface area contributed by atoms with Gasteiger partial charge in [0.15, 0.2) is 0 Å². The van der Waals surface area contributed by atoms with Gasteiger partial charge < -0.3 is 9.42 Å². The number of rotatable bonds is 10. The molecule has 0 saturated heterocycles. The Hall–Kier alpha value is -1.84. The van der Waals surface area contributed by atoms with Crippen LogP contribution in [0.1, 0.15) is 37.0 Å². The van der Waals surface area contributed by atoms with E-state index in [1.54, 1.807) is 11.8 Å². The van der Waals surface area contributed by atoms with Crippen LogP contribution in [0.4, 0.5) is 0 Å². The average Bonchev–Trinajstić information content (AvgIpc) is 2.78. The van der Waals surface area contributed by atoms with Crippen LogP contribution in [0.3, 0.4) is 0 Å². The van der Waals surface area contributed by atoms with Crippen LogP contribution in [-0.4, -0.2) is 22.9 Å². The van der Waals surface area contributed by atoms with Crippen molar-refractivity contribution in [3.63, 3.8) is 0 Å². The van der Waals surface area contributed by atoms with Crippen LogP contribution in [0.15, 0.2) is 91.0 Å². The lowest BCUT2D eigenvalue weighted by atomic mass is 9.84. The Labute approximate surface area is 184 Å². The lowest BCUT2D eigenvalue weighted by Gasteiger charge is -2.35. The summed E-state index contributed by atoms with van der Waals surface area (Å²) in [5.74, 6) is 0.489. The van der Waals surface area contributed by atoms with Crippen molar-refractivity contribution in [2.75, 3.05) is 11.9 Å². The van der Waals surface area contributed by atoms with E-state index >= 15 is 0 Å². The molecule has 3 nitrogen and oxygen atoms in total. The number of benzene rings is 3. The molecule has 0 aliphatic heterocycles. The van der Waals surface area contributed by atoms with Gasteiger partial charge in [0.2, 0.25) is 0 Å². The number of hydrogen-bond donors (Lipinski definition) is 1. The second-order valence-electron chi connectivity index (χ2n) is 7.31. The van der Waals surface area contributed by atoms with E-state index in [0.717, 1.165) is 16.7 Å². The van der Waals surface area contributed by atoms with E-state index in [0.29, 0.717) is 12.2 Å². The third kappa shape index (κ3) is 5.44. The van der Waals surface area contributed by atoms with Crippen LogP contribution in [0.2, 0.25) is 0 Å². The van der Waals surface area contributed by atoms with Crippen LogP contribution in [0, 0.1) is 0 Å². The zero-order valence-electron chi connectivity index (χ0n) is 17.5. The minimum atomic E-state index is -3.65. The summed E-state index contributed by atoms with van der Waals surface area (Å²) in [7, 11) is -3.65. The first kappa shape index (κ1) is 22.8. The molecule has 2 atom stereocenters. The summed E-state index contributed by atoms with van der Waals surface area (Å²) in [5.41, 5.74) is 3.43. The predicted octanol–water partition coefficient (Wildman–Crippen LogP) is 6.71. The van der Waals surface area contributed by atoms with Gasteiger partial charge in [-0.25, -0.2) is 0 Å². The Bertz CT molecular complexity index is 851. The van der Waals surface area contributed by atoms with E-state index in [4.69, 9.17) is 4.52 Å². The highest BCUT2D eigenvalue weighted by Gasteiger charge is 2.37. The number of hydrogen-bond acceptors (Lipinski definition) is 3. The molecule has 0 amide bonds. The second-order valence-corrected chi connectivity index (χ2v) is 10.6. The normalized spacial score (nSPS) is 14.8. The van der Waals surface area contributed by atoms with Crippen LogP contribution >= 0.6 is 19.4 Å². The molecule has 0 aromatic heterocycles. The summed E-state index contributed by atoms with van der Waals surface area (Å²) < 4.78 is 17.5. The van der Waals surface area contributed by atoms with Gasteiger partial charge in [-0.05, 0) is 30.0 Å². The monoisotopic (exact) mass is 440 g/mol. The Morgan fingerprint density at radius 1 is 0.867 bits per heavy atom. The summed E-state index contributed by atoms with van der Waals surface area (Å²) in [6.45, 7) is 3.78. The Morgan fingerprint density at radius 3 is 1.63 bits per heavy atom. The van der Waals surface area contributed by atoms with Crippen LogP contribution < -0.4 is 0 Å². The SMILES string of the molecule is CCC(C)OP(=O)(O)CCSC(c1ccccc1)(c1ccccc1)c1ccccc1. The molecule has 3 aromatic rings. The standard InChI is InChI=1S/C25H29O3PS/c1-3-21(2)28-29(26,27)19-20-30-25(22-13-7-4-8-14-22,23-15-9-5-10-16-23)24-17-11-6-12-18-24/h4-18,21H,3,19-20H2,1-2H3,(H,26,27). The molecule has 30 heavy (non-hydrogen) atoms. The predicted molar refractivity (Wildman–Crippen MR) is 127 cm³/mol. The van der Waals surface area contributed by atoms with Crippen LogP contribution in [0.25, 0.3) is 0 Å². The third-order valence-electron chi connectivity index (χ3n) is 5.15. The molecule has 5 heteroatoms. The second kappa shape index (κ2) is 10.5. The fourth-order valence-corrected chi connectivity index (χ4v) is 6.81. The fraction of sp³-hybridized carbons (Fsp3) is 0.280. The van der Waals surface area contributed by atoms with Crippen LogP contribution in [-0.2, 0) is 13.8 Å². The molecule has 0 fully saturated rings. The molecule has 0 aliphatic rings. The van der Waals surface area contributed by atoms with Crippen molar-refractivity contribution in [1.29, 1.82) is 0 Å². The van der Waals surface area contributed by atoms with Crippen molar-refractivity contribution in [3.05, 3.63) is 108 Å². The summed E-state index contributed by atoms with van der Waals surface area (Å²) in [4.78, 5) is 10.3. The summed E-state index contributed by atoms with van der Waals surface area (Å²) in [6, 6.07) is 31.0. The van der Waals surface area contributed by atoms with E-state index < -0.39 is 12.3 Å². The third-order valence-corrected chi connectivity index (χ3v) is 8.48. The zero-order chi connectivity index (χ0) is 21.5. The first-order valence-corrected chi connectivity index (χ1v) is 13.0. The summed E-state index contributed by atoms with van der Waals surface area (Å²) in [6.07, 6.45) is 0.587. The molecule has 158 valence electrons. The van der Waals surface area contributed by atoms with Gasteiger partial charge in [0, 0.05) is 5.75 Å². The van der Waals surface area contributed by atoms with Gasteiger partial charge in [-0.1, -0.05) is 97.9 Å². The van der Waals surface area contributed by atoms with Crippen molar-refractivity contribution < 1.29 is 14.0 Å². The maximum absolute atomic E-state index is 12.6. The van der Waals surface area contributed by atoms with Crippen molar-refractivity contribution >= 4 is 19.4 Å². The van der Waals surface area contributed by atoms with E-state index in [-0.39, 0.29) is 12.3 Å². The highest BCUT2D eigenvalue weighted by atomic mass is 32.2. The molecule has 1 N–H and O–H groups in total. The molecule has 2 unspecified atom stereocenters. The van der Waals surface area contributed by atoms with Gasteiger partial charge in [-0.15, -0.1) is 11.8 Å². The summed E-state index contributed by atoms with van der Waals surface area (Å²) >= 11 is 1.68. The van der Waals surface area contributed by atoms with Crippen LogP contribution in [0.5, 0.6) is 0 Å². The average molecular weight is 441 g/mol. The Kier molecular flexibility index (Phi) is 7.96. The minimum Gasteiger partial charge on any atom is -0.324 e. The van der Waals surface area contributed by atoms with Gasteiger partial charge in [-0.2, -0.15) is 0 Å². The molecule has 3 rings (SSSR count). The Balaban J connectivity index is 2.00. The topological polar surface area (TPSA) is 46.5 Å². The largest absolute Gasteiger partial charge is 0.329 e. The highest BCUT2D eigenvalue weighted by Crippen LogP contribution is 2.51. The van der Waals surface area contributed by atoms with E-state index in [9.17, 15) is 9.46 Å². The van der Waals surface area contributed by atoms with Gasteiger partial charge in [0.25, 0.3) is 0 Å². The molecular weight excluding hydrogens is 411 g/mol. The molecule has 0 aliphatic carbocycles. The van der Waals surface area contributed by atoms with E-state index in [2.05, 4.69) is 36.4 Å². The highest BCUT2D eigenvalue weighted by molar-refractivity contribution is 8.00. The molecule has 0 radical (unpaired) electrons. The van der Waals surface area contributed by atoms with Crippen molar-refractivity contribution in [3.8, 4) is 0 Å². The van der Waals surface area contributed by atoms with Gasteiger partial charge >= 0.3 is 7.60 Å². The lowest BCUT2D eigenvalue weighted by molar-refractivity contribution is 0.186. The number of thioether (sulfide) groups is 1. The summed E-state index contributed by atoms with van der Waals surface area (Å²) in [5, 5.41) is 0. The maximum atomic E-state index is 12.6. The molecule has 0 spiro atoms.